The van der Waals surface area contributed by atoms with Gasteiger partial charge in [0.05, 0.1) is 13.2 Å². The van der Waals surface area contributed by atoms with Gasteiger partial charge in [-0.3, -0.25) is 0 Å². The Balaban J connectivity index is 2.76. The molecule has 4 nitrogen and oxygen atoms in total. The van der Waals surface area contributed by atoms with Crippen LogP contribution in [0.25, 0.3) is 5.57 Å². The van der Waals surface area contributed by atoms with Crippen molar-refractivity contribution in [3.63, 3.8) is 0 Å². The molecule has 0 radical (unpaired) electrons. The second-order valence-electron chi connectivity index (χ2n) is 3.63. The third-order valence-corrected chi connectivity index (χ3v) is 4.08. The summed E-state index contributed by atoms with van der Waals surface area (Å²) in [4.78, 5) is 0.147. The van der Waals surface area contributed by atoms with Gasteiger partial charge < -0.3 is 9.84 Å². The van der Waals surface area contributed by atoms with Crippen molar-refractivity contribution in [3.05, 3.63) is 29.2 Å². The number of fused-ring (bicyclic) bond motifs is 1. The number of hydrogen-bond donors (Lipinski definition) is 1. The van der Waals surface area contributed by atoms with Gasteiger partial charge >= 0.3 is 0 Å². The molecule has 86 valence electrons. The lowest BCUT2D eigenvalue weighted by Crippen LogP contribution is -2.02. The number of sulfone groups is 1. The first-order chi connectivity index (χ1) is 7.47. The van der Waals surface area contributed by atoms with Crippen LogP contribution < -0.4 is 4.74 Å². The molecule has 0 saturated heterocycles. The average molecular weight is 240 g/mol. The van der Waals surface area contributed by atoms with E-state index in [1.165, 1.54) is 14.0 Å². The molecular weight excluding hydrogens is 228 g/mol. The summed E-state index contributed by atoms with van der Waals surface area (Å²) in [6.45, 7) is 1.54. The van der Waals surface area contributed by atoms with Crippen LogP contribution in [0.5, 0.6) is 5.75 Å². The van der Waals surface area contributed by atoms with E-state index in [1.807, 2.05) is 0 Å². The summed E-state index contributed by atoms with van der Waals surface area (Å²) in [6.07, 6.45) is -0.817. The van der Waals surface area contributed by atoms with Gasteiger partial charge in [-0.1, -0.05) is 12.1 Å². The van der Waals surface area contributed by atoms with Crippen molar-refractivity contribution < 1.29 is 18.3 Å². The molecule has 0 amide bonds. The van der Waals surface area contributed by atoms with Gasteiger partial charge in [-0.15, -0.1) is 0 Å². The maximum atomic E-state index is 11.9. The lowest BCUT2D eigenvalue weighted by Gasteiger charge is -2.09. The molecule has 0 spiro atoms. The zero-order valence-electron chi connectivity index (χ0n) is 8.97. The Morgan fingerprint density at radius 2 is 2.06 bits per heavy atom. The minimum Gasteiger partial charge on any atom is -0.495 e. The molecule has 0 aliphatic carbocycles. The van der Waals surface area contributed by atoms with Crippen molar-refractivity contribution in [2.24, 2.45) is 0 Å². The van der Waals surface area contributed by atoms with Crippen LogP contribution in [0.3, 0.4) is 0 Å². The summed E-state index contributed by atoms with van der Waals surface area (Å²) >= 11 is 0. The Morgan fingerprint density at radius 1 is 1.38 bits per heavy atom. The molecule has 1 aliphatic rings. The van der Waals surface area contributed by atoms with Gasteiger partial charge in [0, 0.05) is 16.5 Å². The largest absolute Gasteiger partial charge is 0.495 e. The van der Waals surface area contributed by atoms with Crippen molar-refractivity contribution in [3.8, 4) is 5.75 Å². The van der Waals surface area contributed by atoms with Gasteiger partial charge in [0.25, 0.3) is 0 Å². The Labute approximate surface area is 94.1 Å². The van der Waals surface area contributed by atoms with E-state index in [2.05, 4.69) is 0 Å². The van der Waals surface area contributed by atoms with Crippen LogP contribution in [0.2, 0.25) is 0 Å². The molecule has 1 N–H and O–H groups in total. The minimum atomic E-state index is -3.49. The van der Waals surface area contributed by atoms with Crippen LogP contribution in [-0.4, -0.2) is 26.7 Å². The number of ether oxygens (including phenoxy) is 1. The summed E-state index contributed by atoms with van der Waals surface area (Å²) in [5, 5.41) is 10.6. The van der Waals surface area contributed by atoms with Crippen molar-refractivity contribution in [1.29, 1.82) is 0 Å². The topological polar surface area (TPSA) is 63.6 Å². The summed E-state index contributed by atoms with van der Waals surface area (Å²) < 4.78 is 28.8. The highest BCUT2D eigenvalue weighted by atomic mass is 32.2. The predicted octanol–water partition coefficient (Wildman–Crippen LogP) is 1.20. The van der Waals surface area contributed by atoms with Crippen LogP contribution >= 0.6 is 0 Å². The average Bonchev–Trinajstić information content (AvgIpc) is 2.51. The van der Waals surface area contributed by atoms with E-state index in [9.17, 15) is 13.5 Å². The Bertz CT molecular complexity index is 555. The molecule has 0 fully saturated rings. The van der Waals surface area contributed by atoms with E-state index in [0.717, 1.165) is 5.41 Å². The summed E-state index contributed by atoms with van der Waals surface area (Å²) in [6, 6.07) is 4.96. The van der Waals surface area contributed by atoms with Gasteiger partial charge in [-0.2, -0.15) is 0 Å². The maximum Gasteiger partial charge on any atom is 0.204 e. The third kappa shape index (κ3) is 1.52. The Morgan fingerprint density at radius 3 is 2.62 bits per heavy atom. The number of rotatable bonds is 2. The van der Waals surface area contributed by atoms with Crippen molar-refractivity contribution in [2.45, 2.75) is 17.9 Å². The molecule has 0 saturated carbocycles. The highest BCUT2D eigenvalue weighted by Crippen LogP contribution is 2.40. The van der Waals surface area contributed by atoms with E-state index in [4.69, 9.17) is 4.74 Å². The molecule has 1 aromatic rings. The zero-order valence-corrected chi connectivity index (χ0v) is 9.78. The van der Waals surface area contributed by atoms with Crippen LogP contribution in [0.1, 0.15) is 12.5 Å². The monoisotopic (exact) mass is 240 g/mol. The molecule has 5 heteroatoms. The van der Waals surface area contributed by atoms with Gasteiger partial charge in [-0.05, 0) is 13.0 Å². The van der Waals surface area contributed by atoms with E-state index >= 15 is 0 Å². The molecule has 0 aromatic heterocycles. The summed E-state index contributed by atoms with van der Waals surface area (Å²) in [5.41, 5.74) is 0.934. The van der Waals surface area contributed by atoms with E-state index < -0.39 is 15.9 Å². The second kappa shape index (κ2) is 3.61. The fraction of sp³-hybridized carbons (Fsp3) is 0.273. The predicted molar refractivity (Wildman–Crippen MR) is 59.8 cm³/mol. The van der Waals surface area contributed by atoms with E-state index in [1.54, 1.807) is 18.2 Å². The standard InChI is InChI=1S/C11H12O4S/c1-7(12)9-6-16(13,14)11-8(9)4-3-5-10(11)15-2/h3-7,12H,1-2H3. The lowest BCUT2D eigenvalue weighted by molar-refractivity contribution is 0.253. The third-order valence-electron chi connectivity index (χ3n) is 2.53. The van der Waals surface area contributed by atoms with Crippen LogP contribution in [0.15, 0.2) is 28.5 Å². The van der Waals surface area contributed by atoms with Crippen LogP contribution in [0, 0.1) is 0 Å². The molecule has 2 rings (SSSR count). The molecule has 1 heterocycles. The number of aliphatic hydroxyl groups excluding tert-OH is 1. The van der Waals surface area contributed by atoms with Crippen LogP contribution in [0.4, 0.5) is 0 Å². The van der Waals surface area contributed by atoms with Gasteiger partial charge in [0.15, 0.2) is 0 Å². The molecule has 16 heavy (non-hydrogen) atoms. The smallest absolute Gasteiger partial charge is 0.204 e. The highest BCUT2D eigenvalue weighted by Gasteiger charge is 2.32. The normalized spacial score (nSPS) is 18.8. The first kappa shape index (κ1) is 11.2. The number of methoxy groups -OCH3 is 1. The molecule has 1 unspecified atom stereocenters. The number of benzene rings is 1. The van der Waals surface area contributed by atoms with Crippen molar-refractivity contribution >= 4 is 15.4 Å². The fourth-order valence-electron chi connectivity index (χ4n) is 1.81. The summed E-state index contributed by atoms with van der Waals surface area (Å²) in [5.74, 6) is 0.310. The quantitative estimate of drug-likeness (QED) is 0.843. The zero-order chi connectivity index (χ0) is 11.9. The highest BCUT2D eigenvalue weighted by molar-refractivity contribution is 7.95. The molecule has 1 aliphatic heterocycles. The molecular formula is C11H12O4S. The van der Waals surface area contributed by atoms with E-state index in [0.29, 0.717) is 16.9 Å². The van der Waals surface area contributed by atoms with Gasteiger partial charge in [-0.25, -0.2) is 8.42 Å². The summed E-state index contributed by atoms with van der Waals surface area (Å²) in [7, 11) is -2.07. The maximum absolute atomic E-state index is 11.9. The van der Waals surface area contributed by atoms with Crippen LogP contribution in [-0.2, 0) is 9.84 Å². The first-order valence-corrected chi connectivity index (χ1v) is 6.34. The van der Waals surface area contributed by atoms with Crippen molar-refractivity contribution in [2.75, 3.05) is 7.11 Å². The first-order valence-electron chi connectivity index (χ1n) is 4.79. The molecule has 1 atom stereocenters. The Kier molecular flexibility index (Phi) is 2.52. The fourth-order valence-corrected chi connectivity index (χ4v) is 3.51. The number of hydrogen-bond acceptors (Lipinski definition) is 4. The van der Waals surface area contributed by atoms with Gasteiger partial charge in [0.2, 0.25) is 9.84 Å². The Hall–Kier alpha value is -1.33. The molecule has 0 bridgehead atoms. The van der Waals surface area contributed by atoms with E-state index in [-0.39, 0.29) is 4.90 Å². The SMILES string of the molecule is COc1cccc2c1S(=O)(=O)C=C2C(C)O. The minimum absolute atomic E-state index is 0.147. The molecule has 1 aromatic carbocycles. The second-order valence-corrected chi connectivity index (χ2v) is 5.37. The lowest BCUT2D eigenvalue weighted by atomic mass is 10.0. The van der Waals surface area contributed by atoms with Crippen molar-refractivity contribution in [1.82, 2.24) is 0 Å². The van der Waals surface area contributed by atoms with Gasteiger partial charge in [0.1, 0.15) is 10.6 Å². The number of aliphatic hydroxyl groups is 1.